The van der Waals surface area contributed by atoms with Gasteiger partial charge in [-0.3, -0.25) is 28.8 Å². The lowest BCUT2D eigenvalue weighted by Gasteiger charge is -2.12. The lowest BCUT2D eigenvalue weighted by Crippen LogP contribution is -2.32. The van der Waals surface area contributed by atoms with Crippen molar-refractivity contribution in [1.82, 2.24) is 10.1 Å². The van der Waals surface area contributed by atoms with E-state index in [4.69, 9.17) is 9.47 Å². The highest BCUT2D eigenvalue weighted by atomic mass is 16.7. The molecule has 0 unspecified atom stereocenters. The Bertz CT molecular complexity index is 766. The summed E-state index contributed by atoms with van der Waals surface area (Å²) in [6.07, 6.45) is -0.594. The van der Waals surface area contributed by atoms with Crippen molar-refractivity contribution in [2.75, 3.05) is 13.2 Å². The Balaban J connectivity index is 1.46. The molecule has 0 atom stereocenters. The summed E-state index contributed by atoms with van der Waals surface area (Å²) in [6.45, 7) is -0.431. The minimum Gasteiger partial charge on any atom is -0.462 e. The predicted molar refractivity (Wildman–Crippen MR) is 104 cm³/mol. The molecule has 14 nitrogen and oxygen atoms in total. The van der Waals surface area contributed by atoms with Crippen molar-refractivity contribution < 1.29 is 57.5 Å². The topological polar surface area (TPSA) is 180 Å². The lowest BCUT2D eigenvalue weighted by atomic mass is 10.2. The van der Waals surface area contributed by atoms with Gasteiger partial charge >= 0.3 is 23.9 Å². The standard InChI is InChI=1S/C20H24N2O12/c23-13-7-8-14(24)21(13)33-19(29)5-1-3-17(27)31-11-12-32-18(28)4-2-6-20(30)34-22-15(25)9-10-16(22)26/h1-12H2. The maximum atomic E-state index is 11.6. The van der Waals surface area contributed by atoms with Gasteiger partial charge in [-0.15, -0.1) is 10.1 Å². The minimum atomic E-state index is -0.826. The Hall–Kier alpha value is -3.84. The maximum absolute atomic E-state index is 11.6. The highest BCUT2D eigenvalue weighted by Crippen LogP contribution is 2.14. The summed E-state index contributed by atoms with van der Waals surface area (Å²) in [5.41, 5.74) is 0. The van der Waals surface area contributed by atoms with Crippen molar-refractivity contribution in [3.8, 4) is 0 Å². The first-order valence-electron chi connectivity index (χ1n) is 10.6. The molecule has 0 bridgehead atoms. The molecule has 2 aliphatic rings. The first kappa shape index (κ1) is 26.4. The predicted octanol–water partition coefficient (Wildman–Crippen LogP) is -0.372. The Kier molecular flexibility index (Phi) is 10.1. The fourth-order valence-electron chi connectivity index (χ4n) is 2.82. The molecule has 186 valence electrons. The van der Waals surface area contributed by atoms with Crippen LogP contribution >= 0.6 is 0 Å². The van der Waals surface area contributed by atoms with E-state index in [1.807, 2.05) is 0 Å². The highest BCUT2D eigenvalue weighted by Gasteiger charge is 2.33. The molecule has 0 aromatic heterocycles. The molecule has 0 N–H and O–H groups in total. The van der Waals surface area contributed by atoms with Crippen LogP contribution in [0.1, 0.15) is 64.2 Å². The van der Waals surface area contributed by atoms with E-state index in [9.17, 15) is 38.4 Å². The van der Waals surface area contributed by atoms with Crippen LogP contribution in [0.15, 0.2) is 0 Å². The van der Waals surface area contributed by atoms with Crippen molar-refractivity contribution in [3.05, 3.63) is 0 Å². The van der Waals surface area contributed by atoms with Crippen LogP contribution in [0.2, 0.25) is 0 Å². The quantitative estimate of drug-likeness (QED) is 0.188. The summed E-state index contributed by atoms with van der Waals surface area (Å²) in [6, 6.07) is 0. The summed E-state index contributed by atoms with van der Waals surface area (Å²) >= 11 is 0. The van der Waals surface area contributed by atoms with Gasteiger partial charge in [0.15, 0.2) is 0 Å². The summed E-state index contributed by atoms with van der Waals surface area (Å²) in [5, 5.41) is 0.848. The number of hydroxylamine groups is 4. The SMILES string of the molecule is O=C(CCCC(=O)ON1C(=O)CCC1=O)OCCOC(=O)CCCC(=O)ON1C(=O)CCC1=O. The number of hydrogen-bond acceptors (Lipinski definition) is 12. The van der Waals surface area contributed by atoms with E-state index in [2.05, 4.69) is 9.68 Å². The van der Waals surface area contributed by atoms with Crippen molar-refractivity contribution in [3.63, 3.8) is 0 Å². The van der Waals surface area contributed by atoms with Crippen molar-refractivity contribution in [1.29, 1.82) is 0 Å². The maximum Gasteiger partial charge on any atom is 0.333 e. The lowest BCUT2D eigenvalue weighted by molar-refractivity contribution is -0.197. The van der Waals surface area contributed by atoms with E-state index in [1.54, 1.807) is 0 Å². The molecule has 0 saturated carbocycles. The van der Waals surface area contributed by atoms with Gasteiger partial charge in [0, 0.05) is 51.4 Å². The highest BCUT2D eigenvalue weighted by molar-refractivity contribution is 6.02. The third kappa shape index (κ3) is 8.60. The van der Waals surface area contributed by atoms with Crippen LogP contribution < -0.4 is 0 Å². The molecule has 0 aromatic carbocycles. The average molecular weight is 484 g/mol. The molecule has 34 heavy (non-hydrogen) atoms. The average Bonchev–Trinajstić information content (AvgIpc) is 3.27. The van der Waals surface area contributed by atoms with Crippen LogP contribution in [0.4, 0.5) is 0 Å². The number of esters is 2. The minimum absolute atomic E-state index is 0.0153. The number of carbonyl (C=O) groups excluding carboxylic acids is 8. The van der Waals surface area contributed by atoms with Gasteiger partial charge in [-0.05, 0) is 12.8 Å². The number of ether oxygens (including phenoxy) is 2. The third-order valence-electron chi connectivity index (χ3n) is 4.53. The Labute approximate surface area is 193 Å². The Morgan fingerprint density at radius 3 is 1.15 bits per heavy atom. The molecule has 2 saturated heterocycles. The second-order valence-electron chi connectivity index (χ2n) is 7.24. The van der Waals surface area contributed by atoms with E-state index in [-0.39, 0.29) is 77.4 Å². The van der Waals surface area contributed by atoms with Crippen LogP contribution in [-0.2, 0) is 57.5 Å². The molecule has 2 fully saturated rings. The molecular formula is C20H24N2O12. The first-order chi connectivity index (χ1) is 16.2. The van der Waals surface area contributed by atoms with E-state index in [1.165, 1.54) is 0 Å². The zero-order valence-electron chi connectivity index (χ0n) is 18.3. The number of amides is 4. The molecule has 0 spiro atoms. The Morgan fingerprint density at radius 2 is 0.824 bits per heavy atom. The van der Waals surface area contributed by atoms with Crippen molar-refractivity contribution in [2.24, 2.45) is 0 Å². The van der Waals surface area contributed by atoms with E-state index >= 15 is 0 Å². The van der Waals surface area contributed by atoms with Crippen LogP contribution in [-0.4, -0.2) is 70.8 Å². The first-order valence-corrected chi connectivity index (χ1v) is 10.6. The fraction of sp³-hybridized carbons (Fsp3) is 0.600. The van der Waals surface area contributed by atoms with Crippen molar-refractivity contribution >= 4 is 47.5 Å². The van der Waals surface area contributed by atoms with Gasteiger partial charge in [-0.2, -0.15) is 0 Å². The monoisotopic (exact) mass is 484 g/mol. The summed E-state index contributed by atoms with van der Waals surface area (Å²) in [4.78, 5) is 101. The molecule has 0 radical (unpaired) electrons. The van der Waals surface area contributed by atoms with Gasteiger partial charge in [-0.1, -0.05) is 0 Å². The molecule has 2 rings (SSSR count). The number of hydrogen-bond donors (Lipinski definition) is 0. The van der Waals surface area contributed by atoms with Gasteiger partial charge in [0.05, 0.1) is 0 Å². The normalized spacial score (nSPS) is 15.5. The molecule has 0 aromatic rings. The van der Waals surface area contributed by atoms with E-state index in [0.29, 0.717) is 10.1 Å². The number of rotatable bonds is 13. The smallest absolute Gasteiger partial charge is 0.333 e. The number of nitrogens with zero attached hydrogens (tertiary/aromatic N) is 2. The molecular weight excluding hydrogens is 460 g/mol. The largest absolute Gasteiger partial charge is 0.462 e. The van der Waals surface area contributed by atoms with Gasteiger partial charge in [0.2, 0.25) is 0 Å². The van der Waals surface area contributed by atoms with Crippen LogP contribution in [0.3, 0.4) is 0 Å². The molecule has 14 heteroatoms. The van der Waals surface area contributed by atoms with Gasteiger partial charge in [0.1, 0.15) is 13.2 Å². The molecule has 2 aliphatic heterocycles. The summed E-state index contributed by atoms with van der Waals surface area (Å²) in [5.74, 6) is -5.33. The van der Waals surface area contributed by atoms with Crippen LogP contribution in [0.25, 0.3) is 0 Å². The van der Waals surface area contributed by atoms with Gasteiger partial charge in [0.25, 0.3) is 23.6 Å². The van der Waals surface area contributed by atoms with Gasteiger partial charge < -0.3 is 19.1 Å². The van der Waals surface area contributed by atoms with E-state index < -0.39 is 47.5 Å². The second kappa shape index (κ2) is 13.0. The second-order valence-corrected chi connectivity index (χ2v) is 7.24. The summed E-state index contributed by atoms with van der Waals surface area (Å²) in [7, 11) is 0. The zero-order valence-corrected chi connectivity index (χ0v) is 18.3. The van der Waals surface area contributed by atoms with Crippen LogP contribution in [0.5, 0.6) is 0 Å². The number of imide groups is 2. The number of carbonyl (C=O) groups is 8. The molecule has 4 amide bonds. The third-order valence-corrected chi connectivity index (χ3v) is 4.53. The fourth-order valence-corrected chi connectivity index (χ4v) is 2.82. The summed E-state index contributed by atoms with van der Waals surface area (Å²) < 4.78 is 9.70. The Morgan fingerprint density at radius 1 is 0.529 bits per heavy atom. The van der Waals surface area contributed by atoms with Gasteiger partial charge in [-0.25, -0.2) is 9.59 Å². The molecule has 0 aliphatic carbocycles. The van der Waals surface area contributed by atoms with E-state index in [0.717, 1.165) is 0 Å². The zero-order chi connectivity index (χ0) is 25.1. The molecule has 2 heterocycles. The van der Waals surface area contributed by atoms with Crippen molar-refractivity contribution in [2.45, 2.75) is 64.2 Å². The van der Waals surface area contributed by atoms with Crippen LogP contribution in [0, 0.1) is 0 Å².